The van der Waals surface area contributed by atoms with Crippen LogP contribution in [0.2, 0.25) is 0 Å². The van der Waals surface area contributed by atoms with Crippen LogP contribution in [0.15, 0.2) is 0 Å². The molecule has 0 aromatic heterocycles. The molecule has 0 fully saturated rings. The lowest BCUT2D eigenvalue weighted by Gasteiger charge is -2.21. The molecule has 0 rings (SSSR count). The smallest absolute Gasteiger partial charge is 0.462 e. The molecule has 0 spiro atoms. The summed E-state index contributed by atoms with van der Waals surface area (Å²) < 4.78 is 67.7. The summed E-state index contributed by atoms with van der Waals surface area (Å²) in [6, 6.07) is 0. The van der Waals surface area contributed by atoms with E-state index in [9.17, 15) is 43.2 Å². The molecule has 5 atom stereocenters. The van der Waals surface area contributed by atoms with E-state index in [0.717, 1.165) is 109 Å². The molecule has 0 aliphatic rings. The highest BCUT2D eigenvalue weighted by molar-refractivity contribution is 7.47. The molecule has 0 amide bonds. The summed E-state index contributed by atoms with van der Waals surface area (Å²) in [6.07, 6.45) is 36.2. The van der Waals surface area contributed by atoms with Crippen molar-refractivity contribution >= 4 is 39.5 Å². The minimum Gasteiger partial charge on any atom is -0.462 e. The number of aliphatic hydroxyl groups excluding tert-OH is 1. The van der Waals surface area contributed by atoms with E-state index in [4.69, 9.17) is 37.0 Å². The Morgan fingerprint density at radius 2 is 0.582 bits per heavy atom. The average molecular weight is 1170 g/mol. The lowest BCUT2D eigenvalue weighted by Crippen LogP contribution is -2.30. The van der Waals surface area contributed by atoms with E-state index in [0.29, 0.717) is 25.7 Å². The van der Waals surface area contributed by atoms with Crippen molar-refractivity contribution in [1.29, 1.82) is 0 Å². The van der Waals surface area contributed by atoms with Gasteiger partial charge in [-0.1, -0.05) is 247 Å². The Morgan fingerprint density at radius 1 is 0.342 bits per heavy atom. The highest BCUT2D eigenvalue weighted by atomic mass is 31.2. The van der Waals surface area contributed by atoms with Gasteiger partial charge < -0.3 is 33.8 Å². The molecule has 19 heteroatoms. The summed E-state index contributed by atoms with van der Waals surface area (Å²) in [5.41, 5.74) is 0. The summed E-state index contributed by atoms with van der Waals surface area (Å²) in [7, 11) is -9.87. The van der Waals surface area contributed by atoms with Crippen molar-refractivity contribution in [2.75, 3.05) is 39.6 Å². The molecule has 468 valence electrons. The number of esters is 4. The molecule has 0 saturated heterocycles. The minimum absolute atomic E-state index is 0.105. The second-order valence-corrected chi connectivity index (χ2v) is 25.1. The van der Waals surface area contributed by atoms with Gasteiger partial charge in [0.2, 0.25) is 0 Å². The fourth-order valence-electron chi connectivity index (χ4n) is 8.88. The highest BCUT2D eigenvalue weighted by Crippen LogP contribution is 2.45. The zero-order valence-corrected chi connectivity index (χ0v) is 52.3. The Morgan fingerprint density at radius 3 is 0.861 bits per heavy atom. The van der Waals surface area contributed by atoms with Crippen LogP contribution in [0.5, 0.6) is 0 Å². The normalized spacial score (nSPS) is 14.3. The number of hydrogen-bond acceptors (Lipinski definition) is 15. The van der Waals surface area contributed by atoms with Gasteiger partial charge in [-0.05, 0) is 31.6 Å². The molecule has 79 heavy (non-hydrogen) atoms. The van der Waals surface area contributed by atoms with Gasteiger partial charge in [-0.15, -0.1) is 0 Å². The van der Waals surface area contributed by atoms with E-state index >= 15 is 0 Å². The molecule has 0 radical (unpaired) electrons. The lowest BCUT2D eigenvalue weighted by molar-refractivity contribution is -0.161. The number of carbonyl (C=O) groups is 4. The molecule has 0 heterocycles. The Bertz CT molecular complexity index is 1550. The molecule has 3 N–H and O–H groups in total. The van der Waals surface area contributed by atoms with Gasteiger partial charge in [-0.2, -0.15) is 0 Å². The number of ether oxygens (including phenoxy) is 4. The first-order valence-corrected chi connectivity index (χ1v) is 34.6. The van der Waals surface area contributed by atoms with Crippen molar-refractivity contribution in [2.24, 2.45) is 5.92 Å². The van der Waals surface area contributed by atoms with E-state index in [1.807, 2.05) is 0 Å². The van der Waals surface area contributed by atoms with Crippen LogP contribution >= 0.6 is 15.6 Å². The fraction of sp³-hybridized carbons (Fsp3) is 0.933. The van der Waals surface area contributed by atoms with Crippen molar-refractivity contribution in [3.05, 3.63) is 0 Å². The van der Waals surface area contributed by atoms with Crippen LogP contribution in [0.3, 0.4) is 0 Å². The minimum atomic E-state index is -4.94. The van der Waals surface area contributed by atoms with Crippen LogP contribution in [0.25, 0.3) is 0 Å². The zero-order valence-electron chi connectivity index (χ0n) is 50.5. The van der Waals surface area contributed by atoms with Crippen LogP contribution in [0.4, 0.5) is 0 Å². The van der Waals surface area contributed by atoms with Crippen LogP contribution in [0.1, 0.15) is 298 Å². The number of rotatable bonds is 60. The first-order chi connectivity index (χ1) is 38.0. The van der Waals surface area contributed by atoms with Gasteiger partial charge >= 0.3 is 39.5 Å². The number of aliphatic hydroxyl groups is 1. The molecule has 17 nitrogen and oxygen atoms in total. The van der Waals surface area contributed by atoms with E-state index in [2.05, 4.69) is 34.6 Å². The molecule has 2 unspecified atom stereocenters. The number of carbonyl (C=O) groups excluding carboxylic acids is 4. The zero-order chi connectivity index (χ0) is 58.5. The van der Waals surface area contributed by atoms with Crippen molar-refractivity contribution in [1.82, 2.24) is 0 Å². The summed E-state index contributed by atoms with van der Waals surface area (Å²) in [5.74, 6) is -1.39. The van der Waals surface area contributed by atoms with Gasteiger partial charge in [0.25, 0.3) is 0 Å². The second kappa shape index (κ2) is 54.0. The molecular formula is C60H116O17P2. The Balaban J connectivity index is 5.21. The number of phosphoric acid groups is 2. The monoisotopic (exact) mass is 1170 g/mol. The Hall–Kier alpha value is -1.94. The van der Waals surface area contributed by atoms with Crippen LogP contribution in [0, 0.1) is 5.92 Å². The van der Waals surface area contributed by atoms with E-state index < -0.39 is 97.5 Å². The number of hydrogen-bond donors (Lipinski definition) is 3. The van der Waals surface area contributed by atoms with Gasteiger partial charge in [-0.25, -0.2) is 9.13 Å². The number of unbranched alkanes of at least 4 members (excludes halogenated alkanes) is 32. The first kappa shape index (κ1) is 77.1. The predicted octanol–water partition coefficient (Wildman–Crippen LogP) is 16.2. The highest BCUT2D eigenvalue weighted by Gasteiger charge is 2.30. The van der Waals surface area contributed by atoms with Crippen molar-refractivity contribution in [3.8, 4) is 0 Å². The molecule has 0 saturated carbocycles. The van der Waals surface area contributed by atoms with Crippen LogP contribution in [-0.2, 0) is 65.4 Å². The Kier molecular flexibility index (Phi) is 52.7. The molecule has 0 aliphatic carbocycles. The lowest BCUT2D eigenvalue weighted by atomic mass is 10.0. The SMILES string of the molecule is CCCCCCCCCCCCC(=O)OC[C@H](COP(=O)(O)OC[C@@H](O)COP(=O)(O)OC[C@@H](COC(=O)CCCCCCCCCC)OC(=O)CCCCCCCCCC)OC(=O)CCCCCCCCCCCCC(C)C. The summed E-state index contributed by atoms with van der Waals surface area (Å²) in [4.78, 5) is 71.9. The maximum atomic E-state index is 12.9. The van der Waals surface area contributed by atoms with Gasteiger partial charge in [0.05, 0.1) is 26.4 Å². The molecule has 0 aliphatic heterocycles. The van der Waals surface area contributed by atoms with Crippen LogP contribution in [-0.4, -0.2) is 96.7 Å². The molecule has 0 aromatic carbocycles. The predicted molar refractivity (Wildman–Crippen MR) is 312 cm³/mol. The van der Waals surface area contributed by atoms with E-state index in [1.54, 1.807) is 0 Å². The topological polar surface area (TPSA) is 237 Å². The standard InChI is InChI=1S/C60H116O17P2/c1-6-9-12-15-18-21-25-30-34-39-44-58(63)71-50-56(77-60(65)46-41-36-31-26-23-22-24-27-32-37-42-53(4)5)52-75-79(68,69)73-48-54(61)47-72-78(66,67)74-51-55(76-59(64)45-40-35-29-20-17-14-11-8-3)49-70-57(62)43-38-33-28-19-16-13-10-7-2/h53-56,61H,6-52H2,1-5H3,(H,66,67)(H,68,69)/t54-,55+,56+/m0/s1. The maximum absolute atomic E-state index is 12.9. The summed E-state index contributed by atoms with van der Waals surface area (Å²) in [5, 5.41) is 10.5. The van der Waals surface area contributed by atoms with Crippen LogP contribution < -0.4 is 0 Å². The largest absolute Gasteiger partial charge is 0.472 e. The second-order valence-electron chi connectivity index (χ2n) is 22.2. The number of phosphoric ester groups is 2. The van der Waals surface area contributed by atoms with Crippen molar-refractivity contribution < 1.29 is 80.2 Å². The Labute approximate surface area is 479 Å². The quantitative estimate of drug-likeness (QED) is 0.0222. The molecule has 0 aromatic rings. The van der Waals surface area contributed by atoms with Gasteiger partial charge in [-0.3, -0.25) is 37.3 Å². The van der Waals surface area contributed by atoms with Gasteiger partial charge in [0, 0.05) is 25.7 Å². The van der Waals surface area contributed by atoms with E-state index in [-0.39, 0.29) is 25.7 Å². The maximum Gasteiger partial charge on any atom is 0.472 e. The third-order valence-electron chi connectivity index (χ3n) is 13.8. The molecular weight excluding hydrogens is 1050 g/mol. The van der Waals surface area contributed by atoms with Crippen molar-refractivity contribution in [3.63, 3.8) is 0 Å². The average Bonchev–Trinajstić information content (AvgIpc) is 3.41. The summed E-state index contributed by atoms with van der Waals surface area (Å²) >= 11 is 0. The third-order valence-corrected chi connectivity index (χ3v) is 15.7. The molecule has 0 bridgehead atoms. The van der Waals surface area contributed by atoms with Gasteiger partial charge in [0.1, 0.15) is 19.3 Å². The van der Waals surface area contributed by atoms with Crippen molar-refractivity contribution in [2.45, 2.75) is 316 Å². The summed E-state index contributed by atoms with van der Waals surface area (Å²) in [6.45, 7) is 7.09. The first-order valence-electron chi connectivity index (χ1n) is 31.6. The third kappa shape index (κ3) is 55.0. The van der Waals surface area contributed by atoms with E-state index in [1.165, 1.54) is 109 Å². The fourth-order valence-corrected chi connectivity index (χ4v) is 10.5. The van der Waals surface area contributed by atoms with Gasteiger partial charge in [0.15, 0.2) is 12.2 Å².